The number of nitrogens with one attached hydrogen (secondary N) is 1. The van der Waals surface area contributed by atoms with Gasteiger partial charge in [0.2, 0.25) is 0 Å². The van der Waals surface area contributed by atoms with E-state index >= 15 is 0 Å². The average Bonchev–Trinajstić information content (AvgIpc) is 2.29. The average molecular weight is 261 g/mol. The molecule has 0 radical (unpaired) electrons. The predicted molar refractivity (Wildman–Crippen MR) is 73.0 cm³/mol. The van der Waals surface area contributed by atoms with Crippen molar-refractivity contribution in [2.24, 2.45) is 5.92 Å². The molecule has 0 heterocycles. The highest BCUT2D eigenvalue weighted by Crippen LogP contribution is 2.27. The van der Waals surface area contributed by atoms with Crippen molar-refractivity contribution in [1.29, 1.82) is 0 Å². The monoisotopic (exact) mass is 261 g/mol. The van der Waals surface area contributed by atoms with Crippen LogP contribution in [0.25, 0.3) is 0 Å². The van der Waals surface area contributed by atoms with Crippen LogP contribution >= 0.6 is 0 Å². The van der Waals surface area contributed by atoms with Crippen molar-refractivity contribution in [3.05, 3.63) is 0 Å². The van der Waals surface area contributed by atoms with Crippen molar-refractivity contribution in [3.8, 4) is 0 Å². The highest BCUT2D eigenvalue weighted by atomic mass is 32.2. The van der Waals surface area contributed by atoms with Gasteiger partial charge in [-0.25, -0.2) is 8.42 Å². The molecule has 0 amide bonds. The summed E-state index contributed by atoms with van der Waals surface area (Å²) in [4.78, 5) is 0. The Morgan fingerprint density at radius 3 is 2.24 bits per heavy atom. The topological polar surface area (TPSA) is 46.2 Å². The summed E-state index contributed by atoms with van der Waals surface area (Å²) < 4.78 is 24.0. The summed E-state index contributed by atoms with van der Waals surface area (Å²) in [6.45, 7) is 6.46. The summed E-state index contributed by atoms with van der Waals surface area (Å²) in [5.74, 6) is 0.862. The molecule has 1 unspecified atom stereocenters. The molecule has 1 fully saturated rings. The van der Waals surface area contributed by atoms with E-state index in [2.05, 4.69) is 12.2 Å². The molecular weight excluding hydrogens is 234 g/mol. The zero-order valence-corrected chi connectivity index (χ0v) is 12.2. The molecule has 3 nitrogen and oxygen atoms in total. The Bertz CT molecular complexity index is 305. The second kappa shape index (κ2) is 6.74. The molecule has 17 heavy (non-hydrogen) atoms. The van der Waals surface area contributed by atoms with Gasteiger partial charge in [-0.15, -0.1) is 0 Å². The fraction of sp³-hybridized carbons (Fsp3) is 1.00. The largest absolute Gasteiger partial charge is 0.313 e. The Kier molecular flexibility index (Phi) is 5.93. The predicted octanol–water partition coefficient (Wildman–Crippen LogP) is 2.37. The Morgan fingerprint density at radius 2 is 1.76 bits per heavy atom. The van der Waals surface area contributed by atoms with Crippen LogP contribution in [0.2, 0.25) is 0 Å². The molecule has 1 aliphatic rings. The van der Waals surface area contributed by atoms with Crippen molar-refractivity contribution in [3.63, 3.8) is 0 Å². The van der Waals surface area contributed by atoms with Crippen molar-refractivity contribution in [1.82, 2.24) is 5.32 Å². The molecule has 0 aromatic heterocycles. The van der Waals surface area contributed by atoms with Gasteiger partial charge in [-0.1, -0.05) is 26.2 Å². The summed E-state index contributed by atoms with van der Waals surface area (Å²) in [5, 5.41) is 3.13. The third-order valence-electron chi connectivity index (χ3n) is 3.82. The summed E-state index contributed by atoms with van der Waals surface area (Å²) in [7, 11) is -2.93. The molecule has 102 valence electrons. The maximum absolute atomic E-state index is 12.0. The van der Waals surface area contributed by atoms with Gasteiger partial charge in [0, 0.05) is 6.04 Å². The Balaban J connectivity index is 2.65. The second-order valence-electron chi connectivity index (χ2n) is 5.44. The van der Waals surface area contributed by atoms with E-state index in [1.54, 1.807) is 13.8 Å². The summed E-state index contributed by atoms with van der Waals surface area (Å²) in [6.07, 6.45) is 6.20. The lowest BCUT2D eigenvalue weighted by atomic mass is 9.84. The molecule has 0 aromatic rings. The lowest BCUT2D eigenvalue weighted by Crippen LogP contribution is -2.43. The standard InChI is InChI=1S/C13H27NO2S/c1-4-14-13(10-17(15,16)11(2)3)12-8-6-5-7-9-12/h11-14H,4-10H2,1-3H3. The summed E-state index contributed by atoms with van der Waals surface area (Å²) >= 11 is 0. The van der Waals surface area contributed by atoms with E-state index in [0.717, 1.165) is 6.54 Å². The first-order valence-corrected chi connectivity index (χ1v) is 8.64. The number of hydrogen-bond acceptors (Lipinski definition) is 3. The fourth-order valence-corrected chi connectivity index (χ4v) is 3.88. The van der Waals surface area contributed by atoms with Crippen LogP contribution in [-0.2, 0) is 9.84 Å². The summed E-state index contributed by atoms with van der Waals surface area (Å²) in [5.41, 5.74) is 0. The second-order valence-corrected chi connectivity index (χ2v) is 8.04. The van der Waals surface area contributed by atoms with Gasteiger partial charge in [0.25, 0.3) is 0 Å². The molecule has 1 aliphatic carbocycles. The SMILES string of the molecule is CCNC(CS(=O)(=O)C(C)C)C1CCCCC1. The number of rotatable bonds is 6. The lowest BCUT2D eigenvalue weighted by molar-refractivity contribution is 0.285. The van der Waals surface area contributed by atoms with Crippen LogP contribution in [0.1, 0.15) is 52.9 Å². The highest BCUT2D eigenvalue weighted by molar-refractivity contribution is 7.92. The smallest absolute Gasteiger partial charge is 0.154 e. The normalized spacial score (nSPS) is 20.7. The van der Waals surface area contributed by atoms with Gasteiger partial charge in [0.1, 0.15) is 0 Å². The van der Waals surface area contributed by atoms with Crippen LogP contribution in [0.4, 0.5) is 0 Å². The third kappa shape index (κ3) is 4.59. The minimum Gasteiger partial charge on any atom is -0.313 e. The molecule has 0 spiro atoms. The van der Waals surface area contributed by atoms with Crippen LogP contribution in [0.3, 0.4) is 0 Å². The van der Waals surface area contributed by atoms with Gasteiger partial charge in [-0.2, -0.15) is 0 Å². The minimum atomic E-state index is -2.93. The Hall–Kier alpha value is -0.0900. The van der Waals surface area contributed by atoms with Crippen molar-refractivity contribution in [2.75, 3.05) is 12.3 Å². The molecule has 0 aromatic carbocycles. The van der Waals surface area contributed by atoms with Crippen molar-refractivity contribution < 1.29 is 8.42 Å². The number of sulfone groups is 1. The van der Waals surface area contributed by atoms with Crippen molar-refractivity contribution >= 4 is 9.84 Å². The molecule has 0 bridgehead atoms. The van der Waals surface area contributed by atoms with Crippen LogP contribution in [0.5, 0.6) is 0 Å². The van der Waals surface area contributed by atoms with Gasteiger partial charge >= 0.3 is 0 Å². The zero-order valence-electron chi connectivity index (χ0n) is 11.4. The first-order valence-electron chi connectivity index (χ1n) is 6.92. The maximum atomic E-state index is 12.0. The van der Waals surface area contributed by atoms with E-state index in [9.17, 15) is 8.42 Å². The molecule has 1 atom stereocenters. The van der Waals surface area contributed by atoms with Crippen LogP contribution in [-0.4, -0.2) is 32.0 Å². The van der Waals surface area contributed by atoms with Gasteiger partial charge < -0.3 is 5.32 Å². The molecule has 0 saturated heterocycles. The van der Waals surface area contributed by atoms with E-state index < -0.39 is 9.84 Å². The molecule has 0 aliphatic heterocycles. The van der Waals surface area contributed by atoms with E-state index in [4.69, 9.17) is 0 Å². The van der Waals surface area contributed by atoms with E-state index in [-0.39, 0.29) is 11.3 Å². The molecule has 1 saturated carbocycles. The quantitative estimate of drug-likeness (QED) is 0.798. The van der Waals surface area contributed by atoms with Crippen LogP contribution < -0.4 is 5.32 Å². The summed E-state index contributed by atoms with van der Waals surface area (Å²) in [6, 6.07) is 0.160. The number of hydrogen-bond donors (Lipinski definition) is 1. The van der Waals surface area contributed by atoms with E-state index in [1.807, 2.05) is 0 Å². The van der Waals surface area contributed by atoms with Gasteiger partial charge in [0.05, 0.1) is 11.0 Å². The van der Waals surface area contributed by atoms with E-state index in [1.165, 1.54) is 32.1 Å². The lowest BCUT2D eigenvalue weighted by Gasteiger charge is -2.31. The third-order valence-corrected chi connectivity index (χ3v) is 6.08. The molecule has 4 heteroatoms. The molecule has 1 N–H and O–H groups in total. The molecule has 1 rings (SSSR count). The Morgan fingerprint density at radius 1 is 1.18 bits per heavy atom. The first-order chi connectivity index (χ1) is 7.97. The van der Waals surface area contributed by atoms with Crippen LogP contribution in [0, 0.1) is 5.92 Å². The Labute approximate surface area is 106 Å². The van der Waals surface area contributed by atoms with Gasteiger partial charge in [0.15, 0.2) is 9.84 Å². The highest BCUT2D eigenvalue weighted by Gasteiger charge is 2.28. The fourth-order valence-electron chi connectivity index (χ4n) is 2.60. The van der Waals surface area contributed by atoms with Gasteiger partial charge in [-0.3, -0.25) is 0 Å². The molecular formula is C13H27NO2S. The first kappa shape index (κ1) is 15.0. The minimum absolute atomic E-state index is 0.160. The van der Waals surface area contributed by atoms with E-state index in [0.29, 0.717) is 11.7 Å². The zero-order chi connectivity index (χ0) is 12.9. The van der Waals surface area contributed by atoms with Gasteiger partial charge in [-0.05, 0) is 39.2 Å². The maximum Gasteiger partial charge on any atom is 0.154 e. The van der Waals surface area contributed by atoms with Crippen LogP contribution in [0.15, 0.2) is 0 Å². The van der Waals surface area contributed by atoms with Crippen molar-refractivity contribution in [2.45, 2.75) is 64.2 Å².